The van der Waals surface area contributed by atoms with Gasteiger partial charge in [-0.3, -0.25) is 14.7 Å². The third-order valence-electron chi connectivity index (χ3n) is 8.24. The Morgan fingerprint density at radius 2 is 1.92 bits per heavy atom. The number of nitriles is 1. The van der Waals surface area contributed by atoms with Crippen molar-refractivity contribution in [2.75, 3.05) is 46.4 Å². The van der Waals surface area contributed by atoms with Crippen molar-refractivity contribution in [3.63, 3.8) is 0 Å². The first-order valence-corrected chi connectivity index (χ1v) is 16.3. The number of ether oxygens (including phenoxy) is 1. The number of alkyl halides is 1. The van der Waals surface area contributed by atoms with Gasteiger partial charge in [-0.1, -0.05) is 49.1 Å². The van der Waals surface area contributed by atoms with E-state index in [1.54, 1.807) is 44.3 Å². The lowest BCUT2D eigenvalue weighted by Crippen LogP contribution is -2.51. The van der Waals surface area contributed by atoms with Gasteiger partial charge in [-0.2, -0.15) is 10.3 Å². The Bertz CT molecular complexity index is 1640. The average molecular weight is 716 g/mol. The highest BCUT2D eigenvalue weighted by Crippen LogP contribution is 2.40. The summed E-state index contributed by atoms with van der Waals surface area (Å²) in [6, 6.07) is 0.147. The molecule has 1 amide bonds. The number of hydrogen-bond acceptors (Lipinski definition) is 8. The van der Waals surface area contributed by atoms with E-state index in [0.29, 0.717) is 0 Å². The second kappa shape index (κ2) is 18.5. The quantitative estimate of drug-likeness (QED) is 0.171. The maximum absolute atomic E-state index is 16.5. The Morgan fingerprint density at radius 3 is 2.48 bits per heavy atom. The first kappa shape index (κ1) is 39.9. The molecule has 0 bridgehead atoms. The number of piperazine rings is 1. The molecule has 0 aromatic carbocycles. The lowest BCUT2D eigenvalue weighted by atomic mass is 9.87. The Hall–Kier alpha value is -4.54. The van der Waals surface area contributed by atoms with Crippen LogP contribution in [0.1, 0.15) is 27.2 Å². The summed E-state index contributed by atoms with van der Waals surface area (Å²) in [6.45, 7) is 16.9. The highest BCUT2D eigenvalue weighted by molar-refractivity contribution is 6.32. The van der Waals surface area contributed by atoms with E-state index < -0.39 is 41.5 Å². The van der Waals surface area contributed by atoms with Crippen molar-refractivity contribution in [2.45, 2.75) is 45.4 Å². The van der Waals surface area contributed by atoms with E-state index in [4.69, 9.17) is 21.6 Å². The van der Waals surface area contributed by atoms with Crippen molar-refractivity contribution >= 4 is 35.6 Å². The Morgan fingerprint density at radius 1 is 1.26 bits per heavy atom. The van der Waals surface area contributed by atoms with E-state index >= 15 is 4.39 Å². The number of carbonyl (C=O) groups excluding carboxylic acids is 1. The standard InChI is InChI=1S/C34H39ClF4N6O2.C2H3N/c1-7-9-26(28-23(8-2)10-11-27(38)29(28)35)31-30(39)22(5)41-34(47-19-25-16-24(37)18-43(25)6)42-32(20(3)17-40-31)44-12-14-45(15-13-44)33(46)21(4)36;1-2-3/h7-11,17,22-25H,2-4,12-16,18-19H2,1,5-6H3;1H3/b9-7-,28-26-,31-30+,40-17?,41-34?,42-32+;. The van der Waals surface area contributed by atoms with Crippen LogP contribution in [0.3, 0.4) is 0 Å². The smallest absolute Gasteiger partial charge is 0.314 e. The zero-order chi connectivity index (χ0) is 37.1. The molecular formula is C36H42ClF4N7O2. The van der Waals surface area contributed by atoms with Crippen LogP contribution in [-0.2, 0) is 9.53 Å². The van der Waals surface area contributed by atoms with Gasteiger partial charge in [0, 0.05) is 69.0 Å². The molecule has 4 aliphatic rings. The van der Waals surface area contributed by atoms with Gasteiger partial charge >= 0.3 is 6.02 Å². The minimum Gasteiger partial charge on any atom is -0.462 e. The van der Waals surface area contributed by atoms with Crippen molar-refractivity contribution < 1.29 is 27.1 Å². The van der Waals surface area contributed by atoms with E-state index in [1.165, 1.54) is 31.0 Å². The summed E-state index contributed by atoms with van der Waals surface area (Å²) in [5, 5.41) is 7.12. The summed E-state index contributed by atoms with van der Waals surface area (Å²) in [4.78, 5) is 30.8. The second-order valence-corrected chi connectivity index (χ2v) is 12.1. The van der Waals surface area contributed by atoms with Crippen molar-refractivity contribution in [1.82, 2.24) is 14.7 Å². The third-order valence-corrected chi connectivity index (χ3v) is 8.62. The molecule has 0 saturated carbocycles. The molecule has 14 heteroatoms. The number of hydrogen-bond donors (Lipinski definition) is 0. The van der Waals surface area contributed by atoms with E-state index in [1.807, 2.05) is 9.80 Å². The van der Waals surface area contributed by atoms with Gasteiger partial charge in [-0.15, -0.1) is 6.58 Å². The summed E-state index contributed by atoms with van der Waals surface area (Å²) in [7, 11) is 1.79. The third kappa shape index (κ3) is 9.79. The number of likely N-dealkylation sites (N-methyl/N-ethyl adjacent to an activating group) is 1. The van der Waals surface area contributed by atoms with Crippen LogP contribution in [0.25, 0.3) is 0 Å². The van der Waals surface area contributed by atoms with Crippen LogP contribution in [0.5, 0.6) is 0 Å². The molecule has 1 aliphatic carbocycles. The molecule has 0 spiro atoms. The first-order chi connectivity index (χ1) is 23.8. The van der Waals surface area contributed by atoms with Gasteiger partial charge in [0.1, 0.15) is 36.2 Å². The Balaban J connectivity index is 0.00000217. The fourth-order valence-electron chi connectivity index (χ4n) is 5.67. The van der Waals surface area contributed by atoms with Gasteiger partial charge in [0.25, 0.3) is 5.91 Å². The topological polar surface area (TPSA) is 96.9 Å². The van der Waals surface area contributed by atoms with Crippen LogP contribution in [0.15, 0.2) is 110 Å². The monoisotopic (exact) mass is 715 g/mol. The number of amides is 1. The van der Waals surface area contributed by atoms with Gasteiger partial charge < -0.3 is 14.5 Å². The SMILES string of the molecule is C=CC1C=CC(F)=C(Cl)/C1=C(/C=C\C)C1=C(/F)C(C)N=C(OCC2CC(F)CN2C)/N=C(/N2CCN(C(=O)C(=C)F)CC2)C(=C)C=N/1.CC#N. The van der Waals surface area contributed by atoms with Crippen molar-refractivity contribution in [3.8, 4) is 6.07 Å². The molecule has 0 aromatic rings. The van der Waals surface area contributed by atoms with Crippen molar-refractivity contribution in [3.05, 3.63) is 95.0 Å². The van der Waals surface area contributed by atoms with Gasteiger partial charge in [-0.25, -0.2) is 22.6 Å². The molecular weight excluding hydrogens is 674 g/mol. The molecule has 2 saturated heterocycles. The fourth-order valence-corrected chi connectivity index (χ4v) is 5.97. The molecule has 4 rings (SSSR count). The number of carbonyl (C=O) groups is 1. The van der Waals surface area contributed by atoms with Crippen LogP contribution in [0.2, 0.25) is 0 Å². The number of amidine groups is 2. The number of allylic oxidation sites excluding steroid dienone is 8. The molecule has 268 valence electrons. The average Bonchev–Trinajstić information content (AvgIpc) is 3.42. The fraction of sp³-hybridized carbons (Fsp3) is 0.417. The molecule has 3 heterocycles. The summed E-state index contributed by atoms with van der Waals surface area (Å²) in [5.74, 6) is -3.56. The predicted octanol–water partition coefficient (Wildman–Crippen LogP) is 6.83. The molecule has 50 heavy (non-hydrogen) atoms. The number of rotatable bonds is 6. The Kier molecular flexibility index (Phi) is 14.7. The van der Waals surface area contributed by atoms with E-state index in [2.05, 4.69) is 34.7 Å². The van der Waals surface area contributed by atoms with E-state index in [9.17, 15) is 18.0 Å². The van der Waals surface area contributed by atoms with Crippen LogP contribution < -0.4 is 0 Å². The minimum absolute atomic E-state index is 0.0415. The van der Waals surface area contributed by atoms with Crippen LogP contribution in [-0.4, -0.2) is 103 Å². The largest absolute Gasteiger partial charge is 0.462 e. The molecule has 3 aliphatic heterocycles. The zero-order valence-electron chi connectivity index (χ0n) is 28.7. The summed E-state index contributed by atoms with van der Waals surface area (Å²) in [6.07, 6.45) is 8.20. The molecule has 0 N–H and O–H groups in total. The normalized spacial score (nSPS) is 28.4. The molecule has 0 aromatic heterocycles. The van der Waals surface area contributed by atoms with Gasteiger partial charge in [0.05, 0.1) is 11.1 Å². The van der Waals surface area contributed by atoms with E-state index in [-0.39, 0.29) is 91.1 Å². The van der Waals surface area contributed by atoms with Crippen molar-refractivity contribution in [2.24, 2.45) is 20.9 Å². The number of aliphatic imine (C=N–C) groups is 3. The lowest BCUT2D eigenvalue weighted by molar-refractivity contribution is -0.129. The van der Waals surface area contributed by atoms with Gasteiger partial charge in [0.2, 0.25) is 0 Å². The summed E-state index contributed by atoms with van der Waals surface area (Å²) < 4.78 is 64.9. The van der Waals surface area contributed by atoms with Crippen LogP contribution >= 0.6 is 11.6 Å². The minimum atomic E-state index is -1.18. The van der Waals surface area contributed by atoms with Gasteiger partial charge in [0.15, 0.2) is 11.7 Å². The predicted molar refractivity (Wildman–Crippen MR) is 190 cm³/mol. The first-order valence-electron chi connectivity index (χ1n) is 16.0. The number of likely N-dealkylation sites (tertiary alicyclic amines) is 1. The maximum atomic E-state index is 16.5. The zero-order valence-corrected chi connectivity index (χ0v) is 29.4. The highest BCUT2D eigenvalue weighted by Gasteiger charge is 2.32. The van der Waals surface area contributed by atoms with Crippen molar-refractivity contribution in [1.29, 1.82) is 5.26 Å². The molecule has 4 atom stereocenters. The number of nitrogens with zero attached hydrogens (tertiary/aromatic N) is 7. The summed E-state index contributed by atoms with van der Waals surface area (Å²) in [5.41, 5.74) is 0.578. The second-order valence-electron chi connectivity index (χ2n) is 11.8. The van der Waals surface area contributed by atoms with Crippen LogP contribution in [0.4, 0.5) is 17.6 Å². The molecule has 0 radical (unpaired) electrons. The highest BCUT2D eigenvalue weighted by atomic mass is 35.5. The maximum Gasteiger partial charge on any atom is 0.314 e. The lowest BCUT2D eigenvalue weighted by Gasteiger charge is -2.36. The van der Waals surface area contributed by atoms with Crippen LogP contribution in [0, 0.1) is 17.2 Å². The molecule has 4 unspecified atom stereocenters. The Labute approximate surface area is 296 Å². The molecule has 2 fully saturated rings. The van der Waals surface area contributed by atoms with Gasteiger partial charge in [-0.05, 0) is 39.0 Å². The number of halogens is 5. The van der Waals surface area contributed by atoms with E-state index in [0.717, 1.165) is 0 Å². The summed E-state index contributed by atoms with van der Waals surface area (Å²) >= 11 is 6.47. The molecule has 9 nitrogen and oxygen atoms in total.